The Morgan fingerprint density at radius 1 is 1.80 bits per heavy atom. The van der Waals surface area contributed by atoms with Crippen molar-refractivity contribution in [3.8, 4) is 0 Å². The fraction of sp³-hybridized carbons (Fsp3) is 0.286. The van der Waals surface area contributed by atoms with Gasteiger partial charge in [-0.3, -0.25) is 0 Å². The smallest absolute Gasteiger partial charge is 0.197 e. The van der Waals surface area contributed by atoms with Crippen LogP contribution in [0.2, 0.25) is 0 Å². The van der Waals surface area contributed by atoms with Crippen molar-refractivity contribution in [3.05, 3.63) is 24.5 Å². The van der Waals surface area contributed by atoms with E-state index in [9.17, 15) is 0 Å². The summed E-state index contributed by atoms with van der Waals surface area (Å²) in [5.41, 5.74) is 6.42. The molecule has 10 heavy (non-hydrogen) atoms. The number of allylic oxidation sites excluding steroid dienone is 1. The number of anilines is 1. The fourth-order valence-electron chi connectivity index (χ4n) is 0.761. The molecule has 0 saturated heterocycles. The lowest BCUT2D eigenvalue weighted by atomic mass is 10.2. The first kappa shape index (κ1) is 6.86. The van der Waals surface area contributed by atoms with Crippen molar-refractivity contribution >= 4 is 5.95 Å². The molecule has 0 radical (unpaired) electrons. The van der Waals surface area contributed by atoms with Crippen LogP contribution >= 0.6 is 0 Å². The van der Waals surface area contributed by atoms with Gasteiger partial charge in [0.2, 0.25) is 0 Å². The zero-order valence-electron chi connectivity index (χ0n) is 5.80. The summed E-state index contributed by atoms with van der Waals surface area (Å²) in [6.07, 6.45) is 5.52. The lowest BCUT2D eigenvalue weighted by Gasteiger charge is -1.88. The molecule has 3 nitrogen and oxygen atoms in total. The second-order valence-corrected chi connectivity index (χ2v) is 2.12. The van der Waals surface area contributed by atoms with Gasteiger partial charge in [0, 0.05) is 5.69 Å². The molecular formula is C7H11N3. The molecule has 1 heterocycles. The Hall–Kier alpha value is -1.25. The van der Waals surface area contributed by atoms with E-state index in [0.717, 1.165) is 18.5 Å². The Morgan fingerprint density at radius 2 is 2.60 bits per heavy atom. The highest BCUT2D eigenvalue weighted by atomic mass is 15.0. The van der Waals surface area contributed by atoms with Crippen LogP contribution in [-0.2, 0) is 6.42 Å². The van der Waals surface area contributed by atoms with Gasteiger partial charge >= 0.3 is 0 Å². The molecule has 0 aromatic carbocycles. The number of hydrogen-bond donors (Lipinski definition) is 2. The highest BCUT2D eigenvalue weighted by Crippen LogP contribution is 2.00. The Kier molecular flexibility index (Phi) is 2.10. The van der Waals surface area contributed by atoms with Gasteiger partial charge in [0.1, 0.15) is 0 Å². The molecule has 0 atom stereocenters. The molecule has 0 aliphatic carbocycles. The van der Waals surface area contributed by atoms with Crippen molar-refractivity contribution in [3.63, 3.8) is 0 Å². The first-order valence-corrected chi connectivity index (χ1v) is 3.23. The minimum atomic E-state index is 0.485. The monoisotopic (exact) mass is 137 g/mol. The standard InChI is InChI=1S/C7H11N3/c1-2-3-4-6-5-9-7(8)10-6/h2,5H,1,3-4H2,(H3,8,9,10). The van der Waals surface area contributed by atoms with Gasteiger partial charge in [-0.2, -0.15) is 0 Å². The van der Waals surface area contributed by atoms with E-state index in [1.54, 1.807) is 6.20 Å². The Balaban J connectivity index is 2.49. The topological polar surface area (TPSA) is 54.7 Å². The van der Waals surface area contributed by atoms with Gasteiger partial charge in [0.25, 0.3) is 0 Å². The van der Waals surface area contributed by atoms with Crippen LogP contribution in [0.3, 0.4) is 0 Å². The van der Waals surface area contributed by atoms with Crippen molar-refractivity contribution in [2.24, 2.45) is 0 Å². The van der Waals surface area contributed by atoms with Crippen molar-refractivity contribution < 1.29 is 0 Å². The van der Waals surface area contributed by atoms with Gasteiger partial charge in [-0.05, 0) is 12.8 Å². The predicted molar refractivity (Wildman–Crippen MR) is 41.5 cm³/mol. The molecular weight excluding hydrogens is 126 g/mol. The molecule has 1 aromatic heterocycles. The fourth-order valence-corrected chi connectivity index (χ4v) is 0.761. The number of rotatable bonds is 3. The van der Waals surface area contributed by atoms with E-state index in [1.165, 1.54) is 0 Å². The van der Waals surface area contributed by atoms with Crippen molar-refractivity contribution in [2.75, 3.05) is 5.73 Å². The number of nitrogens with one attached hydrogen (secondary N) is 1. The predicted octanol–water partition coefficient (Wildman–Crippen LogP) is 1.11. The van der Waals surface area contributed by atoms with Crippen molar-refractivity contribution in [1.29, 1.82) is 0 Å². The summed E-state index contributed by atoms with van der Waals surface area (Å²) < 4.78 is 0. The van der Waals surface area contributed by atoms with Gasteiger partial charge in [0.15, 0.2) is 5.95 Å². The van der Waals surface area contributed by atoms with Crippen LogP contribution in [0.1, 0.15) is 12.1 Å². The molecule has 0 fully saturated rings. The summed E-state index contributed by atoms with van der Waals surface area (Å²) in [7, 11) is 0. The molecule has 0 saturated carbocycles. The molecule has 54 valence electrons. The number of imidazole rings is 1. The third-order valence-corrected chi connectivity index (χ3v) is 1.27. The van der Waals surface area contributed by atoms with Crippen LogP contribution in [-0.4, -0.2) is 9.97 Å². The summed E-state index contributed by atoms with van der Waals surface area (Å²) in [6, 6.07) is 0. The average Bonchev–Trinajstić information content (AvgIpc) is 2.31. The minimum absolute atomic E-state index is 0.485. The van der Waals surface area contributed by atoms with Gasteiger partial charge in [-0.25, -0.2) is 4.98 Å². The third-order valence-electron chi connectivity index (χ3n) is 1.27. The maximum atomic E-state index is 5.36. The highest BCUT2D eigenvalue weighted by molar-refractivity contribution is 5.18. The maximum absolute atomic E-state index is 5.36. The first-order valence-electron chi connectivity index (χ1n) is 3.23. The first-order chi connectivity index (χ1) is 4.83. The molecule has 1 rings (SSSR count). The van der Waals surface area contributed by atoms with Crippen LogP contribution in [0.4, 0.5) is 5.95 Å². The number of nitrogens with zero attached hydrogens (tertiary/aromatic N) is 1. The van der Waals surface area contributed by atoms with E-state index < -0.39 is 0 Å². The summed E-state index contributed by atoms with van der Waals surface area (Å²) in [6.45, 7) is 3.62. The molecule has 0 amide bonds. The SMILES string of the molecule is C=CCCc1cnc(N)[nH]1. The largest absolute Gasteiger partial charge is 0.369 e. The van der Waals surface area contributed by atoms with Crippen LogP contribution in [0, 0.1) is 0 Å². The molecule has 0 bridgehead atoms. The molecule has 0 spiro atoms. The normalized spacial score (nSPS) is 9.60. The van der Waals surface area contributed by atoms with Crippen LogP contribution in [0.5, 0.6) is 0 Å². The number of nitrogens with two attached hydrogens (primary N) is 1. The number of aromatic nitrogens is 2. The van der Waals surface area contributed by atoms with Gasteiger partial charge in [-0.15, -0.1) is 6.58 Å². The van der Waals surface area contributed by atoms with E-state index in [0.29, 0.717) is 5.95 Å². The van der Waals surface area contributed by atoms with Gasteiger partial charge in [-0.1, -0.05) is 6.08 Å². The number of aryl methyl sites for hydroxylation is 1. The minimum Gasteiger partial charge on any atom is -0.369 e. The van der Waals surface area contributed by atoms with Gasteiger partial charge in [0.05, 0.1) is 6.20 Å². The lowest BCUT2D eigenvalue weighted by molar-refractivity contribution is 0.962. The number of H-pyrrole nitrogens is 1. The van der Waals surface area contributed by atoms with Crippen LogP contribution in [0.15, 0.2) is 18.9 Å². The second kappa shape index (κ2) is 3.06. The maximum Gasteiger partial charge on any atom is 0.197 e. The molecule has 3 N–H and O–H groups in total. The molecule has 0 aliphatic heterocycles. The zero-order valence-corrected chi connectivity index (χ0v) is 5.80. The molecule has 1 aromatic rings. The van der Waals surface area contributed by atoms with E-state index >= 15 is 0 Å². The number of hydrogen-bond acceptors (Lipinski definition) is 2. The molecule has 3 heteroatoms. The van der Waals surface area contributed by atoms with E-state index in [4.69, 9.17) is 5.73 Å². The molecule has 0 unspecified atom stereocenters. The quantitative estimate of drug-likeness (QED) is 0.613. The molecule has 0 aliphatic rings. The Bertz CT molecular complexity index is 214. The Labute approximate surface area is 60.0 Å². The lowest BCUT2D eigenvalue weighted by Crippen LogP contribution is -1.87. The van der Waals surface area contributed by atoms with Crippen LogP contribution < -0.4 is 5.73 Å². The van der Waals surface area contributed by atoms with E-state index in [2.05, 4.69) is 16.5 Å². The average molecular weight is 137 g/mol. The summed E-state index contributed by atoms with van der Waals surface area (Å²) in [5, 5.41) is 0. The van der Waals surface area contributed by atoms with E-state index in [-0.39, 0.29) is 0 Å². The summed E-state index contributed by atoms with van der Waals surface area (Å²) in [4.78, 5) is 6.79. The Morgan fingerprint density at radius 3 is 3.10 bits per heavy atom. The van der Waals surface area contributed by atoms with Crippen molar-refractivity contribution in [2.45, 2.75) is 12.8 Å². The van der Waals surface area contributed by atoms with Crippen LogP contribution in [0.25, 0.3) is 0 Å². The number of nitrogen functional groups attached to an aromatic ring is 1. The van der Waals surface area contributed by atoms with Gasteiger partial charge < -0.3 is 10.7 Å². The zero-order chi connectivity index (χ0) is 7.40. The second-order valence-electron chi connectivity index (χ2n) is 2.12. The summed E-state index contributed by atoms with van der Waals surface area (Å²) in [5.74, 6) is 0.485. The van der Waals surface area contributed by atoms with E-state index in [1.807, 2.05) is 6.08 Å². The summed E-state index contributed by atoms with van der Waals surface area (Å²) >= 11 is 0. The third kappa shape index (κ3) is 1.62. The number of aromatic amines is 1. The highest BCUT2D eigenvalue weighted by Gasteiger charge is 1.93. The van der Waals surface area contributed by atoms with Crippen molar-refractivity contribution in [1.82, 2.24) is 9.97 Å².